The van der Waals surface area contributed by atoms with Crippen LogP contribution in [0, 0.1) is 6.92 Å². The summed E-state index contributed by atoms with van der Waals surface area (Å²) in [6, 6.07) is 1.87. The highest BCUT2D eigenvalue weighted by atomic mass is 32.2. The van der Waals surface area contributed by atoms with Crippen molar-refractivity contribution >= 4 is 15.9 Å². The molecule has 1 atom stereocenters. The monoisotopic (exact) mass is 326 g/mol. The Morgan fingerprint density at radius 1 is 1.45 bits per heavy atom. The number of nitrogens with zero attached hydrogens (tertiary/aromatic N) is 3. The van der Waals surface area contributed by atoms with Gasteiger partial charge >= 0.3 is 0 Å². The first-order valence-corrected chi connectivity index (χ1v) is 9.18. The highest BCUT2D eigenvalue weighted by Crippen LogP contribution is 2.27. The van der Waals surface area contributed by atoms with E-state index in [1.54, 1.807) is 6.92 Å². The number of rotatable bonds is 5. The highest BCUT2D eigenvalue weighted by Gasteiger charge is 2.28. The number of nitrogens with two attached hydrogens (primary N) is 1. The summed E-state index contributed by atoms with van der Waals surface area (Å²) >= 11 is 0. The molecule has 7 nitrogen and oxygen atoms in total. The largest absolute Gasteiger partial charge is 0.370 e. The van der Waals surface area contributed by atoms with Crippen molar-refractivity contribution in [2.45, 2.75) is 38.5 Å². The number of aromatic nitrogens is 2. The smallest absolute Gasteiger partial charge is 0.217 e. The predicted molar refractivity (Wildman–Crippen MR) is 82.7 cm³/mol. The molecule has 2 heterocycles. The van der Waals surface area contributed by atoms with Crippen molar-refractivity contribution in [3.8, 4) is 0 Å². The number of piperidine rings is 1. The molecule has 0 unspecified atom stereocenters. The Balaban J connectivity index is 2.18. The Morgan fingerprint density at radius 3 is 2.82 bits per heavy atom. The Labute approximate surface area is 131 Å². The summed E-state index contributed by atoms with van der Waals surface area (Å²) in [6.45, 7) is 2.81. The summed E-state index contributed by atoms with van der Waals surface area (Å²) in [5, 5.41) is 0. The van der Waals surface area contributed by atoms with Crippen LogP contribution in [-0.2, 0) is 21.2 Å². The Kier molecular flexibility index (Phi) is 5.12. The van der Waals surface area contributed by atoms with Gasteiger partial charge in [0.25, 0.3) is 0 Å². The molecule has 22 heavy (non-hydrogen) atoms. The lowest BCUT2D eigenvalue weighted by Gasteiger charge is -2.30. The molecule has 0 bridgehead atoms. The molecule has 1 fully saturated rings. The fourth-order valence-corrected chi connectivity index (χ4v) is 3.64. The van der Waals surface area contributed by atoms with Gasteiger partial charge in [-0.05, 0) is 32.3 Å². The van der Waals surface area contributed by atoms with Gasteiger partial charge in [0.05, 0.1) is 6.26 Å². The lowest BCUT2D eigenvalue weighted by Crippen LogP contribution is -2.38. The molecule has 1 aromatic rings. The van der Waals surface area contributed by atoms with Crippen LogP contribution in [0.2, 0.25) is 0 Å². The molecule has 1 amide bonds. The van der Waals surface area contributed by atoms with Crippen molar-refractivity contribution in [2.24, 2.45) is 5.73 Å². The third kappa shape index (κ3) is 4.48. The van der Waals surface area contributed by atoms with Crippen LogP contribution in [-0.4, -0.2) is 47.9 Å². The molecule has 0 radical (unpaired) electrons. The average molecular weight is 326 g/mol. The van der Waals surface area contributed by atoms with E-state index < -0.39 is 10.0 Å². The molecule has 0 aliphatic carbocycles. The number of hydrogen-bond donors (Lipinski definition) is 1. The molecule has 1 saturated heterocycles. The molecule has 1 aromatic heterocycles. The molecule has 0 spiro atoms. The minimum absolute atomic E-state index is 0.0671. The quantitative estimate of drug-likeness (QED) is 0.840. The van der Waals surface area contributed by atoms with Gasteiger partial charge in [0, 0.05) is 36.8 Å². The van der Waals surface area contributed by atoms with Gasteiger partial charge in [-0.1, -0.05) is 0 Å². The summed E-state index contributed by atoms with van der Waals surface area (Å²) in [6.07, 6.45) is 3.68. The second-order valence-electron chi connectivity index (χ2n) is 5.76. The molecular formula is C14H22N4O3S. The Morgan fingerprint density at radius 2 is 2.18 bits per heavy atom. The van der Waals surface area contributed by atoms with Crippen molar-refractivity contribution in [1.82, 2.24) is 14.3 Å². The van der Waals surface area contributed by atoms with Crippen molar-refractivity contribution in [1.29, 1.82) is 0 Å². The second-order valence-corrected chi connectivity index (χ2v) is 7.74. The van der Waals surface area contributed by atoms with E-state index in [9.17, 15) is 13.2 Å². The van der Waals surface area contributed by atoms with E-state index in [1.807, 2.05) is 6.07 Å². The fraction of sp³-hybridized carbons (Fsp3) is 0.643. The summed E-state index contributed by atoms with van der Waals surface area (Å²) in [7, 11) is -3.18. The molecule has 1 aliphatic rings. The fourth-order valence-electron chi connectivity index (χ4n) is 2.73. The number of aryl methyl sites for hydroxylation is 2. The number of sulfonamides is 1. The first kappa shape index (κ1) is 16.8. The number of carbonyl (C=O) groups is 1. The zero-order chi connectivity index (χ0) is 16.3. The van der Waals surface area contributed by atoms with Gasteiger partial charge in [0.15, 0.2) is 0 Å². The maximum absolute atomic E-state index is 11.7. The summed E-state index contributed by atoms with van der Waals surface area (Å²) in [5.41, 5.74) is 6.79. The first-order valence-electron chi connectivity index (χ1n) is 7.33. The highest BCUT2D eigenvalue weighted by molar-refractivity contribution is 7.88. The summed E-state index contributed by atoms with van der Waals surface area (Å²) < 4.78 is 24.9. The molecule has 1 aliphatic heterocycles. The molecule has 0 aromatic carbocycles. The van der Waals surface area contributed by atoms with Crippen molar-refractivity contribution < 1.29 is 13.2 Å². The maximum Gasteiger partial charge on any atom is 0.217 e. The molecule has 2 N–H and O–H groups in total. The van der Waals surface area contributed by atoms with Gasteiger partial charge in [0.1, 0.15) is 5.82 Å². The topological polar surface area (TPSA) is 106 Å². The number of primary amides is 1. The molecular weight excluding hydrogens is 304 g/mol. The van der Waals surface area contributed by atoms with Crippen LogP contribution in [0.1, 0.15) is 42.4 Å². The van der Waals surface area contributed by atoms with E-state index >= 15 is 0 Å². The van der Waals surface area contributed by atoms with Gasteiger partial charge in [-0.2, -0.15) is 0 Å². The van der Waals surface area contributed by atoms with Crippen LogP contribution in [0.15, 0.2) is 6.07 Å². The first-order chi connectivity index (χ1) is 10.3. The van der Waals surface area contributed by atoms with E-state index in [-0.39, 0.29) is 18.2 Å². The van der Waals surface area contributed by atoms with Gasteiger partial charge in [-0.25, -0.2) is 22.7 Å². The lowest BCUT2D eigenvalue weighted by atomic mass is 9.95. The van der Waals surface area contributed by atoms with E-state index in [1.165, 1.54) is 10.6 Å². The van der Waals surface area contributed by atoms with Gasteiger partial charge in [-0.3, -0.25) is 4.79 Å². The van der Waals surface area contributed by atoms with E-state index in [0.717, 1.165) is 24.2 Å². The number of amides is 1. The SMILES string of the molecule is Cc1nc(CCC(N)=O)cc([C@@H]2CCCN(S(C)(=O)=O)C2)n1. The number of hydrogen-bond acceptors (Lipinski definition) is 5. The normalized spacial score (nSPS) is 20.0. The Bertz CT molecular complexity index is 660. The summed E-state index contributed by atoms with van der Waals surface area (Å²) in [5.74, 6) is 0.338. The lowest BCUT2D eigenvalue weighted by molar-refractivity contribution is -0.118. The van der Waals surface area contributed by atoms with Crippen LogP contribution < -0.4 is 5.73 Å². The minimum Gasteiger partial charge on any atom is -0.370 e. The standard InChI is InChI=1S/C14H22N4O3S/c1-10-16-12(5-6-14(15)19)8-13(17-10)11-4-3-7-18(9-11)22(2,20)21/h8,11H,3-7,9H2,1-2H3,(H2,15,19)/t11-/m1/s1. The second kappa shape index (κ2) is 6.70. The molecule has 2 rings (SSSR count). The van der Waals surface area contributed by atoms with Crippen LogP contribution in [0.25, 0.3) is 0 Å². The van der Waals surface area contributed by atoms with Crippen LogP contribution in [0.5, 0.6) is 0 Å². The van der Waals surface area contributed by atoms with Crippen molar-refractivity contribution in [2.75, 3.05) is 19.3 Å². The van der Waals surface area contributed by atoms with Gasteiger partial charge in [0.2, 0.25) is 15.9 Å². The van der Waals surface area contributed by atoms with Gasteiger partial charge in [-0.15, -0.1) is 0 Å². The van der Waals surface area contributed by atoms with E-state index in [4.69, 9.17) is 5.73 Å². The minimum atomic E-state index is -3.18. The zero-order valence-corrected chi connectivity index (χ0v) is 13.8. The zero-order valence-electron chi connectivity index (χ0n) is 12.9. The van der Waals surface area contributed by atoms with Crippen molar-refractivity contribution in [3.63, 3.8) is 0 Å². The van der Waals surface area contributed by atoms with Crippen molar-refractivity contribution in [3.05, 3.63) is 23.3 Å². The van der Waals surface area contributed by atoms with Gasteiger partial charge < -0.3 is 5.73 Å². The molecule has 0 saturated carbocycles. The maximum atomic E-state index is 11.7. The van der Waals surface area contributed by atoms with Crippen LogP contribution in [0.4, 0.5) is 0 Å². The third-order valence-electron chi connectivity index (χ3n) is 3.81. The number of carbonyl (C=O) groups excluding carboxylic acids is 1. The predicted octanol–water partition coefficient (Wildman–Crippen LogP) is 0.342. The van der Waals surface area contributed by atoms with E-state index in [0.29, 0.717) is 25.3 Å². The summed E-state index contributed by atoms with van der Waals surface area (Å²) in [4.78, 5) is 19.7. The average Bonchev–Trinajstić information content (AvgIpc) is 2.44. The third-order valence-corrected chi connectivity index (χ3v) is 5.08. The molecule has 122 valence electrons. The van der Waals surface area contributed by atoms with Crippen LogP contribution >= 0.6 is 0 Å². The molecule has 8 heteroatoms. The van der Waals surface area contributed by atoms with Crippen LogP contribution in [0.3, 0.4) is 0 Å². The Hall–Kier alpha value is -1.54. The van der Waals surface area contributed by atoms with E-state index in [2.05, 4.69) is 9.97 Å².